The van der Waals surface area contributed by atoms with E-state index < -0.39 is 5.60 Å². The van der Waals surface area contributed by atoms with Gasteiger partial charge in [0.2, 0.25) is 0 Å². The van der Waals surface area contributed by atoms with E-state index in [0.29, 0.717) is 0 Å². The van der Waals surface area contributed by atoms with Crippen molar-refractivity contribution in [3.8, 4) is 0 Å². The lowest BCUT2D eigenvalue weighted by Gasteiger charge is -2.20. The highest BCUT2D eigenvalue weighted by molar-refractivity contribution is 9.10. The van der Waals surface area contributed by atoms with E-state index >= 15 is 0 Å². The van der Waals surface area contributed by atoms with Crippen LogP contribution in [0.25, 0.3) is 0 Å². The fourth-order valence-corrected chi connectivity index (χ4v) is 3.65. The Hall–Kier alpha value is -0.710. The standard InChI is InChI=1S/C12H10BrNOS/c13-10-7-16-11(14-10)12(15)6-5-8-3-1-2-4-9(8)12/h1-4,7,15H,5-6H2. The maximum absolute atomic E-state index is 10.8. The van der Waals surface area contributed by atoms with Crippen LogP contribution in [0.1, 0.15) is 22.6 Å². The number of nitrogens with zero attached hydrogens (tertiary/aromatic N) is 1. The summed E-state index contributed by atoms with van der Waals surface area (Å²) in [5, 5.41) is 13.4. The van der Waals surface area contributed by atoms with Crippen LogP contribution in [0.15, 0.2) is 34.2 Å². The summed E-state index contributed by atoms with van der Waals surface area (Å²) in [6.07, 6.45) is 1.65. The molecule has 0 bridgehead atoms. The van der Waals surface area contributed by atoms with Crippen LogP contribution in [0.3, 0.4) is 0 Å². The van der Waals surface area contributed by atoms with E-state index in [9.17, 15) is 5.11 Å². The number of aromatic nitrogens is 1. The minimum absolute atomic E-state index is 0.728. The largest absolute Gasteiger partial charge is 0.378 e. The molecule has 1 heterocycles. The molecule has 0 saturated heterocycles. The molecular formula is C12H10BrNOS. The first-order valence-electron chi connectivity index (χ1n) is 5.12. The van der Waals surface area contributed by atoms with Crippen molar-refractivity contribution in [3.05, 3.63) is 50.4 Å². The second-order valence-electron chi connectivity index (χ2n) is 3.99. The van der Waals surface area contributed by atoms with Gasteiger partial charge in [-0.05, 0) is 39.9 Å². The predicted octanol–water partition coefficient (Wildman–Crippen LogP) is 3.09. The minimum atomic E-state index is -0.882. The Morgan fingerprint density at radius 1 is 1.38 bits per heavy atom. The molecule has 82 valence electrons. The van der Waals surface area contributed by atoms with Crippen LogP contribution >= 0.6 is 27.3 Å². The van der Waals surface area contributed by atoms with Gasteiger partial charge in [-0.15, -0.1) is 11.3 Å². The zero-order chi connectivity index (χ0) is 11.2. The van der Waals surface area contributed by atoms with E-state index in [2.05, 4.69) is 27.0 Å². The zero-order valence-electron chi connectivity index (χ0n) is 8.48. The molecule has 0 radical (unpaired) electrons. The van der Waals surface area contributed by atoms with E-state index in [1.54, 1.807) is 0 Å². The molecule has 2 nitrogen and oxygen atoms in total. The van der Waals surface area contributed by atoms with Crippen LogP contribution in [0.4, 0.5) is 0 Å². The first-order chi connectivity index (χ1) is 7.70. The van der Waals surface area contributed by atoms with Crippen molar-refractivity contribution in [1.29, 1.82) is 0 Å². The first kappa shape index (κ1) is 10.4. The molecule has 1 N–H and O–H groups in total. The maximum Gasteiger partial charge on any atom is 0.142 e. The summed E-state index contributed by atoms with van der Waals surface area (Å²) >= 11 is 4.83. The third kappa shape index (κ3) is 1.44. The van der Waals surface area contributed by atoms with E-state index in [1.165, 1.54) is 16.9 Å². The van der Waals surface area contributed by atoms with Gasteiger partial charge in [0, 0.05) is 5.38 Å². The quantitative estimate of drug-likeness (QED) is 0.877. The normalized spacial score (nSPS) is 23.4. The van der Waals surface area contributed by atoms with E-state index in [-0.39, 0.29) is 0 Å². The van der Waals surface area contributed by atoms with Crippen molar-refractivity contribution in [2.75, 3.05) is 0 Å². The monoisotopic (exact) mass is 295 g/mol. The Labute approximate surface area is 106 Å². The number of rotatable bonds is 1. The first-order valence-corrected chi connectivity index (χ1v) is 6.80. The molecule has 2 aromatic rings. The van der Waals surface area contributed by atoms with Crippen LogP contribution in [-0.4, -0.2) is 10.1 Å². The molecule has 4 heteroatoms. The maximum atomic E-state index is 10.8. The van der Waals surface area contributed by atoms with Crippen LogP contribution in [0.5, 0.6) is 0 Å². The fraction of sp³-hybridized carbons (Fsp3) is 0.250. The molecule has 0 fully saturated rings. The lowest BCUT2D eigenvalue weighted by Crippen LogP contribution is -2.23. The van der Waals surface area contributed by atoms with Crippen molar-refractivity contribution in [3.63, 3.8) is 0 Å². The number of benzene rings is 1. The summed E-state index contributed by atoms with van der Waals surface area (Å²) in [6.45, 7) is 0. The molecule has 1 atom stereocenters. The molecule has 1 aromatic heterocycles. The Morgan fingerprint density at radius 2 is 2.19 bits per heavy atom. The van der Waals surface area contributed by atoms with E-state index in [0.717, 1.165) is 28.0 Å². The summed E-state index contributed by atoms with van der Waals surface area (Å²) in [6, 6.07) is 8.06. The van der Waals surface area contributed by atoms with E-state index in [4.69, 9.17) is 0 Å². The number of hydrogen-bond donors (Lipinski definition) is 1. The molecule has 1 unspecified atom stereocenters. The summed E-state index contributed by atoms with van der Waals surface area (Å²) < 4.78 is 0.797. The Bertz CT molecular complexity index is 539. The Balaban J connectivity index is 2.14. The highest BCUT2D eigenvalue weighted by Crippen LogP contribution is 2.43. The van der Waals surface area contributed by atoms with Gasteiger partial charge in [-0.1, -0.05) is 24.3 Å². The summed E-state index contributed by atoms with van der Waals surface area (Å²) in [5.74, 6) is 0. The van der Waals surface area contributed by atoms with Gasteiger partial charge >= 0.3 is 0 Å². The second-order valence-corrected chi connectivity index (χ2v) is 5.66. The molecule has 1 aromatic carbocycles. The Kier molecular flexibility index (Phi) is 2.38. The van der Waals surface area contributed by atoms with Crippen molar-refractivity contribution in [2.45, 2.75) is 18.4 Å². The number of aliphatic hydroxyl groups is 1. The number of aryl methyl sites for hydroxylation is 1. The van der Waals surface area contributed by atoms with Crippen molar-refractivity contribution < 1.29 is 5.11 Å². The van der Waals surface area contributed by atoms with Crippen molar-refractivity contribution in [2.24, 2.45) is 0 Å². The summed E-state index contributed by atoms with van der Waals surface area (Å²) in [4.78, 5) is 4.35. The highest BCUT2D eigenvalue weighted by Gasteiger charge is 2.40. The van der Waals surface area contributed by atoms with Gasteiger partial charge < -0.3 is 5.11 Å². The molecule has 1 aliphatic carbocycles. The SMILES string of the molecule is OC1(c2nc(Br)cs2)CCc2ccccc21. The highest BCUT2D eigenvalue weighted by atomic mass is 79.9. The summed E-state index contributed by atoms with van der Waals surface area (Å²) in [5.41, 5.74) is 1.36. The molecule has 0 amide bonds. The summed E-state index contributed by atoms with van der Waals surface area (Å²) in [7, 11) is 0. The van der Waals surface area contributed by atoms with Gasteiger partial charge in [0.05, 0.1) is 0 Å². The van der Waals surface area contributed by atoms with Gasteiger partial charge in [0.25, 0.3) is 0 Å². The number of fused-ring (bicyclic) bond motifs is 1. The fourth-order valence-electron chi connectivity index (χ4n) is 2.26. The topological polar surface area (TPSA) is 33.1 Å². The predicted molar refractivity (Wildman–Crippen MR) is 67.6 cm³/mol. The Morgan fingerprint density at radius 3 is 2.94 bits per heavy atom. The molecule has 1 aliphatic rings. The molecular weight excluding hydrogens is 286 g/mol. The van der Waals surface area contributed by atoms with Crippen LogP contribution in [-0.2, 0) is 12.0 Å². The van der Waals surface area contributed by atoms with Crippen molar-refractivity contribution >= 4 is 27.3 Å². The zero-order valence-corrected chi connectivity index (χ0v) is 10.9. The minimum Gasteiger partial charge on any atom is -0.378 e. The van der Waals surface area contributed by atoms with Crippen LogP contribution in [0.2, 0.25) is 0 Å². The third-order valence-corrected chi connectivity index (χ3v) is 4.75. The number of halogens is 1. The second kappa shape index (κ2) is 3.65. The molecule has 0 spiro atoms. The third-order valence-electron chi connectivity index (χ3n) is 3.05. The van der Waals surface area contributed by atoms with Gasteiger partial charge in [0.1, 0.15) is 15.2 Å². The molecule has 3 rings (SSSR count). The van der Waals surface area contributed by atoms with Crippen molar-refractivity contribution in [1.82, 2.24) is 4.98 Å². The molecule has 0 aliphatic heterocycles. The smallest absolute Gasteiger partial charge is 0.142 e. The lowest BCUT2D eigenvalue weighted by atomic mass is 9.97. The average Bonchev–Trinajstić information content (AvgIpc) is 2.86. The number of hydrogen-bond acceptors (Lipinski definition) is 3. The van der Waals surface area contributed by atoms with Gasteiger partial charge in [-0.3, -0.25) is 0 Å². The van der Waals surface area contributed by atoms with E-state index in [1.807, 2.05) is 23.6 Å². The van der Waals surface area contributed by atoms with Crippen LogP contribution in [0, 0.1) is 0 Å². The van der Waals surface area contributed by atoms with Gasteiger partial charge in [-0.25, -0.2) is 4.98 Å². The molecule has 16 heavy (non-hydrogen) atoms. The number of thiazole rings is 1. The molecule has 0 saturated carbocycles. The van der Waals surface area contributed by atoms with Gasteiger partial charge in [0.15, 0.2) is 0 Å². The lowest BCUT2D eigenvalue weighted by molar-refractivity contribution is 0.0825. The average molecular weight is 296 g/mol. The van der Waals surface area contributed by atoms with Crippen LogP contribution < -0.4 is 0 Å². The van der Waals surface area contributed by atoms with Gasteiger partial charge in [-0.2, -0.15) is 0 Å².